The molecule has 1 aromatic heterocycles. The molecule has 3 atom stereocenters. The summed E-state index contributed by atoms with van der Waals surface area (Å²) < 4.78 is 1.21. The molecule has 1 saturated heterocycles. The Kier molecular flexibility index (Phi) is 4.64. The monoisotopic (exact) mass is 316 g/mol. The Bertz CT molecular complexity index is 366. The van der Waals surface area contributed by atoms with E-state index < -0.39 is 0 Å². The van der Waals surface area contributed by atoms with Crippen LogP contribution in [0, 0.1) is 5.92 Å². The highest BCUT2D eigenvalue weighted by molar-refractivity contribution is 9.10. The molecule has 1 aromatic rings. The molecule has 4 heteroatoms. The normalized spacial score (nSPS) is 28.2. The fraction of sp³-hybridized carbons (Fsp3) is 0.692. The summed E-state index contributed by atoms with van der Waals surface area (Å²) in [6.45, 7) is 6.57. The van der Waals surface area contributed by atoms with Gasteiger partial charge in [-0.25, -0.2) is 0 Å². The molecule has 1 fully saturated rings. The van der Waals surface area contributed by atoms with Gasteiger partial charge in [-0.2, -0.15) is 11.3 Å². The summed E-state index contributed by atoms with van der Waals surface area (Å²) in [5.41, 5.74) is 7.37. The lowest BCUT2D eigenvalue weighted by Gasteiger charge is -2.42. The maximum atomic E-state index is 6.01. The zero-order valence-electron chi connectivity index (χ0n) is 10.5. The predicted octanol–water partition coefficient (Wildman–Crippen LogP) is 3.63. The summed E-state index contributed by atoms with van der Waals surface area (Å²) in [5, 5.41) is 4.38. The fourth-order valence-electron chi connectivity index (χ4n) is 2.78. The van der Waals surface area contributed by atoms with Crippen LogP contribution in [-0.4, -0.2) is 24.0 Å². The van der Waals surface area contributed by atoms with Crippen molar-refractivity contribution in [1.82, 2.24) is 4.90 Å². The number of rotatable bonds is 3. The highest BCUT2D eigenvalue weighted by atomic mass is 79.9. The van der Waals surface area contributed by atoms with Crippen LogP contribution in [-0.2, 0) is 0 Å². The van der Waals surface area contributed by atoms with Gasteiger partial charge in [-0.15, -0.1) is 0 Å². The number of nitrogens with two attached hydrogens (primary N) is 1. The van der Waals surface area contributed by atoms with Crippen LogP contribution in [0.2, 0.25) is 0 Å². The van der Waals surface area contributed by atoms with E-state index in [2.05, 4.69) is 45.4 Å². The van der Waals surface area contributed by atoms with Crippen molar-refractivity contribution in [2.24, 2.45) is 11.7 Å². The quantitative estimate of drug-likeness (QED) is 0.922. The topological polar surface area (TPSA) is 29.3 Å². The average molecular weight is 317 g/mol. The van der Waals surface area contributed by atoms with E-state index in [1.807, 2.05) is 0 Å². The van der Waals surface area contributed by atoms with E-state index in [0.29, 0.717) is 18.6 Å². The van der Waals surface area contributed by atoms with Crippen molar-refractivity contribution < 1.29 is 0 Å². The van der Waals surface area contributed by atoms with Gasteiger partial charge in [0, 0.05) is 28.5 Å². The van der Waals surface area contributed by atoms with Crippen LogP contribution < -0.4 is 5.73 Å². The number of piperidine rings is 1. The second kappa shape index (κ2) is 5.83. The predicted molar refractivity (Wildman–Crippen MR) is 78.4 cm³/mol. The molecule has 17 heavy (non-hydrogen) atoms. The number of thiophene rings is 1. The fourth-order valence-corrected chi connectivity index (χ4v) is 4.39. The largest absolute Gasteiger partial charge is 0.329 e. The van der Waals surface area contributed by atoms with Gasteiger partial charge in [0.25, 0.3) is 0 Å². The number of hydrogen-bond acceptors (Lipinski definition) is 3. The zero-order chi connectivity index (χ0) is 12.4. The van der Waals surface area contributed by atoms with Crippen molar-refractivity contribution in [1.29, 1.82) is 0 Å². The van der Waals surface area contributed by atoms with Gasteiger partial charge < -0.3 is 5.73 Å². The molecule has 2 nitrogen and oxygen atoms in total. The van der Waals surface area contributed by atoms with Crippen LogP contribution in [0.5, 0.6) is 0 Å². The molecule has 1 aliphatic heterocycles. The molecule has 0 bridgehead atoms. The van der Waals surface area contributed by atoms with E-state index >= 15 is 0 Å². The number of nitrogens with zero attached hydrogens (tertiary/aromatic N) is 1. The molecule has 0 amide bonds. The average Bonchev–Trinajstić information content (AvgIpc) is 2.72. The molecule has 0 spiro atoms. The highest BCUT2D eigenvalue weighted by Gasteiger charge is 2.31. The van der Waals surface area contributed by atoms with Crippen LogP contribution in [0.3, 0.4) is 0 Å². The van der Waals surface area contributed by atoms with Gasteiger partial charge in [0.05, 0.1) is 0 Å². The van der Waals surface area contributed by atoms with E-state index in [-0.39, 0.29) is 0 Å². The molecule has 96 valence electrons. The molecule has 2 N–H and O–H groups in total. The minimum Gasteiger partial charge on any atom is -0.329 e. The van der Waals surface area contributed by atoms with Crippen LogP contribution in [0.25, 0.3) is 0 Å². The van der Waals surface area contributed by atoms with Crippen LogP contribution in [0.4, 0.5) is 0 Å². The first-order chi connectivity index (χ1) is 8.15. The minimum absolute atomic E-state index is 0.369. The molecule has 0 aromatic carbocycles. The first-order valence-electron chi connectivity index (χ1n) is 6.32. The molecule has 2 rings (SSSR count). The van der Waals surface area contributed by atoms with Gasteiger partial charge in [-0.1, -0.05) is 6.92 Å². The molecule has 0 saturated carbocycles. The number of halogens is 1. The molecule has 0 radical (unpaired) electrons. The van der Waals surface area contributed by atoms with E-state index in [9.17, 15) is 0 Å². The summed E-state index contributed by atoms with van der Waals surface area (Å²) in [7, 11) is 0. The van der Waals surface area contributed by atoms with E-state index in [0.717, 1.165) is 5.92 Å². The molecule has 0 aliphatic carbocycles. The highest BCUT2D eigenvalue weighted by Crippen LogP contribution is 2.35. The molecular weight excluding hydrogens is 296 g/mol. The van der Waals surface area contributed by atoms with Crippen molar-refractivity contribution in [3.05, 3.63) is 20.8 Å². The smallest absolute Gasteiger partial charge is 0.0492 e. The maximum absolute atomic E-state index is 6.01. The Labute approximate surface area is 116 Å². The molecule has 3 unspecified atom stereocenters. The van der Waals surface area contributed by atoms with Gasteiger partial charge in [-0.05, 0) is 59.1 Å². The van der Waals surface area contributed by atoms with E-state index in [4.69, 9.17) is 5.73 Å². The summed E-state index contributed by atoms with van der Waals surface area (Å²) in [6.07, 6.45) is 2.64. The third-order valence-corrected chi connectivity index (χ3v) is 5.80. The third kappa shape index (κ3) is 2.75. The van der Waals surface area contributed by atoms with Crippen LogP contribution in [0.1, 0.15) is 38.3 Å². The van der Waals surface area contributed by atoms with Crippen molar-refractivity contribution >= 4 is 27.3 Å². The summed E-state index contributed by atoms with van der Waals surface area (Å²) in [5.74, 6) is 0.773. The van der Waals surface area contributed by atoms with Gasteiger partial charge in [-0.3, -0.25) is 4.90 Å². The second-order valence-corrected chi connectivity index (χ2v) is 6.62. The molecule has 1 aliphatic rings. The minimum atomic E-state index is 0.369. The van der Waals surface area contributed by atoms with Crippen molar-refractivity contribution in [3.8, 4) is 0 Å². The van der Waals surface area contributed by atoms with Gasteiger partial charge in [0.15, 0.2) is 0 Å². The SMILES string of the molecule is CC1CCCN(C(CN)c2cscc2Br)C1C. The lowest BCUT2D eigenvalue weighted by atomic mass is 9.90. The summed E-state index contributed by atoms with van der Waals surface area (Å²) in [4.78, 5) is 2.58. The number of likely N-dealkylation sites (tertiary alicyclic amines) is 1. The van der Waals surface area contributed by atoms with E-state index in [1.54, 1.807) is 11.3 Å². The third-order valence-electron chi connectivity index (χ3n) is 4.05. The lowest BCUT2D eigenvalue weighted by molar-refractivity contribution is 0.0709. The first kappa shape index (κ1) is 13.5. The van der Waals surface area contributed by atoms with Gasteiger partial charge >= 0.3 is 0 Å². The molecular formula is C13H21BrN2S. The Morgan fingerprint density at radius 3 is 2.88 bits per heavy atom. The van der Waals surface area contributed by atoms with Crippen molar-refractivity contribution in [3.63, 3.8) is 0 Å². The number of hydrogen-bond donors (Lipinski definition) is 1. The Balaban J connectivity index is 2.21. The van der Waals surface area contributed by atoms with Crippen molar-refractivity contribution in [2.75, 3.05) is 13.1 Å². The zero-order valence-corrected chi connectivity index (χ0v) is 12.9. The van der Waals surface area contributed by atoms with Crippen molar-refractivity contribution in [2.45, 2.75) is 38.8 Å². The Morgan fingerprint density at radius 2 is 2.29 bits per heavy atom. The van der Waals surface area contributed by atoms with Crippen LogP contribution >= 0.6 is 27.3 Å². The molecule has 2 heterocycles. The lowest BCUT2D eigenvalue weighted by Crippen LogP contribution is -2.46. The van der Waals surface area contributed by atoms with E-state index in [1.165, 1.54) is 29.4 Å². The maximum Gasteiger partial charge on any atom is 0.0492 e. The standard InChI is InChI=1S/C13H21BrN2S/c1-9-4-3-5-16(10(9)2)13(6-15)11-7-17-8-12(11)14/h7-10,13H,3-6,15H2,1-2H3. The van der Waals surface area contributed by atoms with Crippen LogP contribution in [0.15, 0.2) is 15.2 Å². The second-order valence-electron chi connectivity index (χ2n) is 5.02. The van der Waals surface area contributed by atoms with Gasteiger partial charge in [0.1, 0.15) is 0 Å². The summed E-state index contributed by atoms with van der Waals surface area (Å²) in [6, 6.07) is 0.998. The Morgan fingerprint density at radius 1 is 1.53 bits per heavy atom. The first-order valence-corrected chi connectivity index (χ1v) is 8.06. The Hall–Kier alpha value is 0.100. The van der Waals surface area contributed by atoms with Gasteiger partial charge in [0.2, 0.25) is 0 Å². The summed E-state index contributed by atoms with van der Waals surface area (Å²) >= 11 is 5.38.